The summed E-state index contributed by atoms with van der Waals surface area (Å²) in [5.74, 6) is 0.588. The van der Waals surface area contributed by atoms with Crippen LogP contribution in [0.5, 0.6) is 0 Å². The van der Waals surface area contributed by atoms with Crippen molar-refractivity contribution < 1.29 is 5.11 Å². The average Bonchev–Trinajstić information content (AvgIpc) is 3.10. The van der Waals surface area contributed by atoms with Crippen LogP contribution in [-0.2, 0) is 6.73 Å². The molecule has 0 spiro atoms. The van der Waals surface area contributed by atoms with Crippen LogP contribution in [0.25, 0.3) is 11.3 Å². The molecule has 16 heavy (non-hydrogen) atoms. The minimum Gasteiger partial charge on any atom is -0.374 e. The van der Waals surface area contributed by atoms with Crippen molar-refractivity contribution >= 4 is 0 Å². The molecule has 3 rings (SSSR count). The van der Waals surface area contributed by atoms with E-state index in [-0.39, 0.29) is 6.73 Å². The van der Waals surface area contributed by atoms with Gasteiger partial charge in [-0.3, -0.25) is 4.98 Å². The predicted octanol–water partition coefficient (Wildman–Crippen LogP) is 1.77. The Morgan fingerprint density at radius 1 is 1.44 bits per heavy atom. The summed E-state index contributed by atoms with van der Waals surface area (Å²) in [6, 6.07) is 5.93. The fourth-order valence-electron chi connectivity index (χ4n) is 1.91. The zero-order valence-corrected chi connectivity index (χ0v) is 8.87. The first kappa shape index (κ1) is 9.54. The van der Waals surface area contributed by atoms with Gasteiger partial charge in [-0.25, -0.2) is 4.68 Å². The topological polar surface area (TPSA) is 50.9 Å². The highest BCUT2D eigenvalue weighted by Crippen LogP contribution is 2.41. The first-order chi connectivity index (χ1) is 7.88. The van der Waals surface area contributed by atoms with Gasteiger partial charge in [-0.15, -0.1) is 0 Å². The Balaban J connectivity index is 2.02. The Morgan fingerprint density at radius 2 is 2.31 bits per heavy atom. The molecule has 2 heterocycles. The highest BCUT2D eigenvalue weighted by molar-refractivity contribution is 5.58. The Hall–Kier alpha value is -1.68. The van der Waals surface area contributed by atoms with E-state index in [1.165, 1.54) is 12.8 Å². The third-order valence-electron chi connectivity index (χ3n) is 2.90. The van der Waals surface area contributed by atoms with E-state index in [1.807, 2.05) is 12.1 Å². The molecule has 0 aromatic carbocycles. The standard InChI is InChI=1S/C12H13N3O/c16-8-15-12(9-3-4-9)6-11(14-15)10-2-1-5-13-7-10/h1-2,5-7,9,16H,3-4,8H2. The van der Waals surface area contributed by atoms with Crippen LogP contribution in [0.15, 0.2) is 30.6 Å². The molecule has 4 nitrogen and oxygen atoms in total. The molecule has 1 aliphatic carbocycles. The fraction of sp³-hybridized carbons (Fsp3) is 0.333. The van der Waals surface area contributed by atoms with E-state index >= 15 is 0 Å². The molecule has 0 saturated heterocycles. The lowest BCUT2D eigenvalue weighted by Gasteiger charge is -1.99. The van der Waals surface area contributed by atoms with Crippen molar-refractivity contribution in [2.45, 2.75) is 25.5 Å². The van der Waals surface area contributed by atoms with Gasteiger partial charge in [-0.2, -0.15) is 5.10 Å². The van der Waals surface area contributed by atoms with Gasteiger partial charge in [0.2, 0.25) is 0 Å². The summed E-state index contributed by atoms with van der Waals surface area (Å²) in [5, 5.41) is 13.6. The maximum atomic E-state index is 9.24. The lowest BCUT2D eigenvalue weighted by molar-refractivity contribution is 0.191. The molecular weight excluding hydrogens is 202 g/mol. The smallest absolute Gasteiger partial charge is 0.136 e. The number of aliphatic hydroxyl groups is 1. The lowest BCUT2D eigenvalue weighted by atomic mass is 10.2. The second kappa shape index (κ2) is 3.72. The lowest BCUT2D eigenvalue weighted by Crippen LogP contribution is -2.03. The summed E-state index contributed by atoms with van der Waals surface area (Å²) in [4.78, 5) is 4.07. The van der Waals surface area contributed by atoms with Crippen LogP contribution in [-0.4, -0.2) is 19.9 Å². The zero-order chi connectivity index (χ0) is 11.0. The van der Waals surface area contributed by atoms with Crippen molar-refractivity contribution in [2.24, 2.45) is 0 Å². The summed E-state index contributed by atoms with van der Waals surface area (Å²) in [6.07, 6.45) is 5.95. The maximum Gasteiger partial charge on any atom is 0.136 e. The highest BCUT2D eigenvalue weighted by atomic mass is 16.3. The van der Waals surface area contributed by atoms with Crippen molar-refractivity contribution in [3.05, 3.63) is 36.3 Å². The molecule has 4 heteroatoms. The summed E-state index contributed by atoms with van der Waals surface area (Å²) >= 11 is 0. The molecule has 1 fully saturated rings. The van der Waals surface area contributed by atoms with Crippen molar-refractivity contribution in [2.75, 3.05) is 0 Å². The number of rotatable bonds is 3. The van der Waals surface area contributed by atoms with Crippen LogP contribution in [0.1, 0.15) is 24.5 Å². The third-order valence-corrected chi connectivity index (χ3v) is 2.90. The van der Waals surface area contributed by atoms with Crippen LogP contribution in [0.3, 0.4) is 0 Å². The number of hydrogen-bond acceptors (Lipinski definition) is 3. The predicted molar refractivity (Wildman–Crippen MR) is 59.7 cm³/mol. The van der Waals surface area contributed by atoms with E-state index in [2.05, 4.69) is 16.1 Å². The second-order valence-corrected chi connectivity index (χ2v) is 4.11. The normalized spacial score (nSPS) is 15.3. The largest absolute Gasteiger partial charge is 0.374 e. The second-order valence-electron chi connectivity index (χ2n) is 4.11. The maximum absolute atomic E-state index is 9.24. The fourth-order valence-corrected chi connectivity index (χ4v) is 1.91. The van der Waals surface area contributed by atoms with Gasteiger partial charge in [0.25, 0.3) is 0 Å². The van der Waals surface area contributed by atoms with E-state index in [0.717, 1.165) is 17.0 Å². The van der Waals surface area contributed by atoms with Gasteiger partial charge in [0.15, 0.2) is 0 Å². The number of hydrogen-bond donors (Lipinski definition) is 1. The summed E-state index contributed by atoms with van der Waals surface area (Å²) in [5.41, 5.74) is 3.03. The molecule has 0 bridgehead atoms. The van der Waals surface area contributed by atoms with E-state index < -0.39 is 0 Å². The van der Waals surface area contributed by atoms with Crippen LogP contribution in [0, 0.1) is 0 Å². The molecule has 1 N–H and O–H groups in total. The molecule has 1 aliphatic rings. The Bertz CT molecular complexity index is 488. The summed E-state index contributed by atoms with van der Waals surface area (Å²) < 4.78 is 1.68. The molecule has 82 valence electrons. The van der Waals surface area contributed by atoms with Crippen LogP contribution >= 0.6 is 0 Å². The van der Waals surface area contributed by atoms with E-state index in [1.54, 1.807) is 17.1 Å². The van der Waals surface area contributed by atoms with Crippen molar-refractivity contribution in [1.82, 2.24) is 14.8 Å². The minimum absolute atomic E-state index is 0.0495. The highest BCUT2D eigenvalue weighted by Gasteiger charge is 2.28. The molecule has 0 unspecified atom stereocenters. The monoisotopic (exact) mass is 215 g/mol. The van der Waals surface area contributed by atoms with Crippen molar-refractivity contribution in [3.63, 3.8) is 0 Å². The molecule has 2 aromatic rings. The van der Waals surface area contributed by atoms with E-state index in [4.69, 9.17) is 0 Å². The Kier molecular flexibility index (Phi) is 2.22. The van der Waals surface area contributed by atoms with Gasteiger partial charge in [-0.05, 0) is 31.0 Å². The Labute approximate surface area is 93.6 Å². The van der Waals surface area contributed by atoms with Crippen LogP contribution < -0.4 is 0 Å². The third kappa shape index (κ3) is 1.61. The molecule has 1 saturated carbocycles. The van der Waals surface area contributed by atoms with Gasteiger partial charge < -0.3 is 5.11 Å². The van der Waals surface area contributed by atoms with E-state index in [9.17, 15) is 5.11 Å². The van der Waals surface area contributed by atoms with Crippen molar-refractivity contribution in [3.8, 4) is 11.3 Å². The quantitative estimate of drug-likeness (QED) is 0.849. The van der Waals surface area contributed by atoms with Gasteiger partial charge in [-0.1, -0.05) is 0 Å². The zero-order valence-electron chi connectivity index (χ0n) is 8.87. The number of pyridine rings is 1. The van der Waals surface area contributed by atoms with Gasteiger partial charge >= 0.3 is 0 Å². The van der Waals surface area contributed by atoms with Crippen LogP contribution in [0.4, 0.5) is 0 Å². The van der Waals surface area contributed by atoms with Crippen molar-refractivity contribution in [1.29, 1.82) is 0 Å². The first-order valence-corrected chi connectivity index (χ1v) is 5.47. The number of nitrogens with zero attached hydrogens (tertiary/aromatic N) is 3. The molecule has 0 radical (unpaired) electrons. The summed E-state index contributed by atoms with van der Waals surface area (Å²) in [7, 11) is 0. The molecule has 0 aliphatic heterocycles. The molecule has 0 amide bonds. The number of aromatic nitrogens is 3. The molecule has 2 aromatic heterocycles. The van der Waals surface area contributed by atoms with Gasteiger partial charge in [0.05, 0.1) is 5.69 Å². The minimum atomic E-state index is -0.0495. The number of aliphatic hydroxyl groups excluding tert-OH is 1. The van der Waals surface area contributed by atoms with E-state index in [0.29, 0.717) is 5.92 Å². The molecule has 0 atom stereocenters. The van der Waals surface area contributed by atoms with Crippen LogP contribution in [0.2, 0.25) is 0 Å². The average molecular weight is 215 g/mol. The molecular formula is C12H13N3O. The van der Waals surface area contributed by atoms with Gasteiger partial charge in [0, 0.05) is 29.6 Å². The van der Waals surface area contributed by atoms with Gasteiger partial charge in [0.1, 0.15) is 6.73 Å². The Morgan fingerprint density at radius 3 is 2.94 bits per heavy atom. The summed E-state index contributed by atoms with van der Waals surface area (Å²) in [6.45, 7) is -0.0495. The SMILES string of the molecule is OCn1nc(-c2cccnc2)cc1C1CC1. The first-order valence-electron chi connectivity index (χ1n) is 5.47.